The molecule has 2 atom stereocenters. The van der Waals surface area contributed by atoms with Gasteiger partial charge >= 0.3 is 6.18 Å². The van der Waals surface area contributed by atoms with Gasteiger partial charge in [-0.25, -0.2) is 12.8 Å². The van der Waals surface area contributed by atoms with Gasteiger partial charge in [0.05, 0.1) is 21.7 Å². The number of alkyl halides is 3. The number of hydrogen-bond acceptors (Lipinski definition) is 3. The Morgan fingerprint density at radius 3 is 2.18 bits per heavy atom. The molecule has 22 heavy (non-hydrogen) atoms. The standard InChI is InChI=1S/C14H14F4O3S/c15-11-3-1-2-10(12(11)14(16,17)18)13(19)6-8-4-5-9(7-13)22(8,20)21/h1-3,8-9,19H,4-7H2. The van der Waals surface area contributed by atoms with E-state index < -0.39 is 49.1 Å². The van der Waals surface area contributed by atoms with E-state index in [1.807, 2.05) is 0 Å². The summed E-state index contributed by atoms with van der Waals surface area (Å²) in [6.07, 6.45) is -4.94. The molecule has 0 spiro atoms. The highest BCUT2D eigenvalue weighted by atomic mass is 32.2. The molecule has 8 heteroatoms. The Hall–Kier alpha value is -1.15. The molecule has 1 aromatic carbocycles. The van der Waals surface area contributed by atoms with E-state index in [-0.39, 0.29) is 12.8 Å². The van der Waals surface area contributed by atoms with Gasteiger partial charge in [-0.1, -0.05) is 12.1 Å². The molecule has 0 radical (unpaired) electrons. The van der Waals surface area contributed by atoms with Crippen LogP contribution in [0.3, 0.4) is 0 Å². The average molecular weight is 338 g/mol. The van der Waals surface area contributed by atoms with Crippen LogP contribution >= 0.6 is 0 Å². The fraction of sp³-hybridized carbons (Fsp3) is 0.571. The molecule has 0 aliphatic carbocycles. The van der Waals surface area contributed by atoms with Crippen molar-refractivity contribution in [1.29, 1.82) is 0 Å². The molecule has 0 saturated carbocycles. The Bertz CT molecular complexity index is 691. The molecule has 2 heterocycles. The Kier molecular flexibility index (Phi) is 3.34. The smallest absolute Gasteiger partial charge is 0.385 e. The lowest BCUT2D eigenvalue weighted by atomic mass is 9.82. The predicted octanol–water partition coefficient (Wildman–Crippen LogP) is 2.77. The third kappa shape index (κ3) is 2.23. The second-order valence-electron chi connectivity index (χ2n) is 6.01. The lowest BCUT2D eigenvalue weighted by molar-refractivity contribution is -0.143. The third-order valence-electron chi connectivity index (χ3n) is 4.67. The molecular formula is C14H14F4O3S. The van der Waals surface area contributed by atoms with Crippen LogP contribution in [-0.4, -0.2) is 24.0 Å². The van der Waals surface area contributed by atoms with E-state index in [0.717, 1.165) is 12.1 Å². The highest BCUT2D eigenvalue weighted by molar-refractivity contribution is 7.93. The molecule has 0 aromatic heterocycles. The number of benzene rings is 1. The number of halogens is 4. The van der Waals surface area contributed by atoms with Crippen LogP contribution in [0, 0.1) is 5.82 Å². The predicted molar refractivity (Wildman–Crippen MR) is 70.3 cm³/mol. The molecule has 2 aliphatic heterocycles. The van der Waals surface area contributed by atoms with E-state index in [1.165, 1.54) is 0 Å². The molecule has 1 aromatic rings. The molecule has 0 amide bonds. The van der Waals surface area contributed by atoms with E-state index in [9.17, 15) is 31.1 Å². The van der Waals surface area contributed by atoms with Gasteiger partial charge in [-0.3, -0.25) is 0 Å². The van der Waals surface area contributed by atoms with Crippen LogP contribution in [0.4, 0.5) is 17.6 Å². The highest BCUT2D eigenvalue weighted by Crippen LogP contribution is 2.50. The van der Waals surface area contributed by atoms with Crippen molar-refractivity contribution in [3.63, 3.8) is 0 Å². The zero-order valence-electron chi connectivity index (χ0n) is 11.4. The van der Waals surface area contributed by atoms with E-state index >= 15 is 0 Å². The van der Waals surface area contributed by atoms with Crippen LogP contribution in [0.2, 0.25) is 0 Å². The summed E-state index contributed by atoms with van der Waals surface area (Å²) in [5, 5.41) is 8.97. The van der Waals surface area contributed by atoms with Crippen molar-refractivity contribution >= 4 is 9.84 Å². The van der Waals surface area contributed by atoms with E-state index in [1.54, 1.807) is 0 Å². The summed E-state index contributed by atoms with van der Waals surface area (Å²) in [6.45, 7) is 0. The van der Waals surface area contributed by atoms with Crippen molar-refractivity contribution in [3.05, 3.63) is 35.1 Å². The van der Waals surface area contributed by atoms with Crippen molar-refractivity contribution in [1.82, 2.24) is 0 Å². The summed E-state index contributed by atoms with van der Waals surface area (Å²) in [5.74, 6) is -1.46. The largest absolute Gasteiger partial charge is 0.419 e. The summed E-state index contributed by atoms with van der Waals surface area (Å²) in [5.41, 5.74) is -4.03. The minimum atomic E-state index is -4.95. The summed E-state index contributed by atoms with van der Waals surface area (Å²) < 4.78 is 77.1. The van der Waals surface area contributed by atoms with Crippen molar-refractivity contribution in [3.8, 4) is 0 Å². The van der Waals surface area contributed by atoms with Gasteiger partial charge in [0, 0.05) is 0 Å². The van der Waals surface area contributed by atoms with Crippen LogP contribution in [-0.2, 0) is 21.6 Å². The second-order valence-corrected chi connectivity index (χ2v) is 8.52. The molecule has 2 unspecified atom stereocenters. The lowest BCUT2D eigenvalue weighted by Gasteiger charge is -2.37. The minimum absolute atomic E-state index is 0.321. The van der Waals surface area contributed by atoms with Crippen molar-refractivity contribution in [2.24, 2.45) is 0 Å². The first-order valence-corrected chi connectivity index (χ1v) is 8.48. The SMILES string of the molecule is O=S1(=O)C2CCC1CC(O)(c1cccc(F)c1C(F)(F)F)C2. The van der Waals surface area contributed by atoms with Crippen molar-refractivity contribution < 1.29 is 31.1 Å². The highest BCUT2D eigenvalue weighted by Gasteiger charge is 2.55. The molecule has 2 saturated heterocycles. The maximum atomic E-state index is 13.7. The quantitative estimate of drug-likeness (QED) is 0.801. The van der Waals surface area contributed by atoms with Crippen LogP contribution in [0.1, 0.15) is 36.8 Å². The first kappa shape index (κ1) is 15.7. The normalized spacial score (nSPS) is 33.9. The molecule has 122 valence electrons. The molecular weight excluding hydrogens is 324 g/mol. The van der Waals surface area contributed by atoms with E-state index in [4.69, 9.17) is 0 Å². The van der Waals surface area contributed by atoms with Crippen molar-refractivity contribution in [2.75, 3.05) is 0 Å². The Morgan fingerprint density at radius 2 is 1.68 bits per heavy atom. The first-order valence-electron chi connectivity index (χ1n) is 6.87. The van der Waals surface area contributed by atoms with Gasteiger partial charge < -0.3 is 5.11 Å². The summed E-state index contributed by atoms with van der Waals surface area (Å²) >= 11 is 0. The summed E-state index contributed by atoms with van der Waals surface area (Å²) in [7, 11) is -3.40. The molecule has 2 aliphatic rings. The number of sulfone groups is 1. The van der Waals surface area contributed by atoms with Crippen LogP contribution in [0.15, 0.2) is 18.2 Å². The monoisotopic (exact) mass is 338 g/mol. The lowest BCUT2D eigenvalue weighted by Crippen LogP contribution is -2.44. The topological polar surface area (TPSA) is 54.4 Å². The van der Waals surface area contributed by atoms with Gasteiger partial charge in [0.2, 0.25) is 0 Å². The average Bonchev–Trinajstić information content (AvgIpc) is 2.58. The zero-order valence-corrected chi connectivity index (χ0v) is 12.2. The second kappa shape index (κ2) is 4.67. The van der Waals surface area contributed by atoms with Crippen LogP contribution in [0.5, 0.6) is 0 Å². The van der Waals surface area contributed by atoms with Gasteiger partial charge in [0.25, 0.3) is 0 Å². The molecule has 2 bridgehead atoms. The fourth-order valence-electron chi connectivity index (χ4n) is 3.67. The maximum absolute atomic E-state index is 13.7. The minimum Gasteiger partial charge on any atom is -0.385 e. The van der Waals surface area contributed by atoms with Crippen LogP contribution in [0.25, 0.3) is 0 Å². The fourth-order valence-corrected chi connectivity index (χ4v) is 6.16. The van der Waals surface area contributed by atoms with Gasteiger partial charge in [0.1, 0.15) is 5.82 Å². The Morgan fingerprint density at radius 1 is 1.14 bits per heavy atom. The summed E-state index contributed by atoms with van der Waals surface area (Å²) in [4.78, 5) is 0. The summed E-state index contributed by atoms with van der Waals surface area (Å²) in [6, 6.07) is 2.82. The Labute approximate surface area is 124 Å². The van der Waals surface area contributed by atoms with Gasteiger partial charge in [-0.15, -0.1) is 0 Å². The molecule has 3 rings (SSSR count). The number of fused-ring (bicyclic) bond motifs is 2. The third-order valence-corrected chi connectivity index (χ3v) is 7.33. The zero-order chi connectivity index (χ0) is 16.3. The van der Waals surface area contributed by atoms with E-state index in [2.05, 4.69) is 0 Å². The number of rotatable bonds is 1. The number of aliphatic hydroxyl groups is 1. The van der Waals surface area contributed by atoms with Crippen molar-refractivity contribution in [2.45, 2.75) is 48.0 Å². The van der Waals surface area contributed by atoms with Gasteiger partial charge in [-0.05, 0) is 37.3 Å². The first-order chi connectivity index (χ1) is 10.1. The molecule has 2 fully saturated rings. The van der Waals surface area contributed by atoms with Crippen LogP contribution < -0.4 is 0 Å². The van der Waals surface area contributed by atoms with Gasteiger partial charge in [-0.2, -0.15) is 13.2 Å². The Balaban J connectivity index is 2.12. The molecule has 1 N–H and O–H groups in total. The molecule has 3 nitrogen and oxygen atoms in total. The maximum Gasteiger partial charge on any atom is 0.419 e. The number of hydrogen-bond donors (Lipinski definition) is 1. The van der Waals surface area contributed by atoms with Gasteiger partial charge in [0.15, 0.2) is 9.84 Å². The van der Waals surface area contributed by atoms with E-state index in [0.29, 0.717) is 18.9 Å².